The van der Waals surface area contributed by atoms with Gasteiger partial charge in [0.15, 0.2) is 0 Å². The monoisotopic (exact) mass is 946 g/mol. The van der Waals surface area contributed by atoms with Gasteiger partial charge in [0.1, 0.15) is 247 Å². The second-order valence-electron chi connectivity index (χ2n) is 19.9. The first-order valence-corrected chi connectivity index (χ1v) is 23.8. The van der Waals surface area contributed by atoms with Crippen molar-refractivity contribution in [3.63, 3.8) is 0 Å². The third-order valence-corrected chi connectivity index (χ3v) is 16.0. The summed E-state index contributed by atoms with van der Waals surface area (Å²) in [4.78, 5) is 0. The fraction of sp³-hybridized carbons (Fsp3) is 0. The van der Waals surface area contributed by atoms with Crippen molar-refractivity contribution in [1.82, 2.24) is 0 Å². The molecule has 296 valence electrons. The summed E-state index contributed by atoms with van der Waals surface area (Å²) in [5.74, 6) is 0. The van der Waals surface area contributed by atoms with Crippen molar-refractivity contribution < 1.29 is 4.42 Å². The Morgan fingerprint density at radius 3 is 0.642 bits per heavy atom. The number of benzene rings is 10. The molecule has 1 nitrogen and oxygen atoms in total. The molecule has 1 heterocycles. The maximum atomic E-state index is 7.41. The van der Waals surface area contributed by atoms with E-state index in [-0.39, 0.29) is 273 Å². The van der Waals surface area contributed by atoms with Gasteiger partial charge in [-0.2, -0.15) is 0 Å². The maximum absolute atomic E-state index is 7.41. The minimum absolute atomic E-state index is 0.00206. The molecule has 0 aliphatic rings. The molecule has 0 aliphatic carbocycles. The van der Waals surface area contributed by atoms with Crippen molar-refractivity contribution in [2.45, 2.75) is 0 Å². The number of hydrogen-bond donors (Lipinski definition) is 0. The first kappa shape index (κ1) is 58.0. The molecule has 1 aromatic heterocycles. The van der Waals surface area contributed by atoms with E-state index in [2.05, 4.69) is 0 Å². The van der Waals surface area contributed by atoms with E-state index in [1.165, 1.54) is 0 Å². The summed E-state index contributed by atoms with van der Waals surface area (Å²) in [5, 5.41) is 0.395. The standard InChI is InChI=1S/C50B30O/c51-19-9(28(60)22(54)7-8-12(30(62)29(61)11(7)19)20(52)13(31(63)23(8)55)14-33(65)44(76)47(79)45(77)34(14)66)1-3-5(26(58)41(73)39(71)24(3)56)2(6-4(1)25(57)40(72)42(74)27(6)59)10-21(53)17-18-37(69)32(64)15-16(38(70)46(78)43(75)35(15)67)49(18)81-50(17)48(80)36(10)68. The van der Waals surface area contributed by atoms with Crippen molar-refractivity contribution in [3.8, 4) is 33.4 Å². The second-order valence-corrected chi connectivity index (χ2v) is 19.9. The third kappa shape index (κ3) is 7.30. The smallest absolute Gasteiger partial charge is 0.141 e. The van der Waals surface area contributed by atoms with Crippen LogP contribution in [0.4, 0.5) is 0 Å². The lowest BCUT2D eigenvalue weighted by Crippen LogP contribution is -2.56. The van der Waals surface area contributed by atoms with Crippen LogP contribution in [0, 0.1) is 0 Å². The van der Waals surface area contributed by atoms with Crippen molar-refractivity contribution >= 4 is 475 Å². The van der Waals surface area contributed by atoms with Crippen LogP contribution < -0.4 is 164 Å². The zero-order valence-corrected chi connectivity index (χ0v) is 42.7. The highest BCUT2D eigenvalue weighted by Crippen LogP contribution is 2.41. The highest BCUT2D eigenvalue weighted by atomic mass is 16.3. The van der Waals surface area contributed by atoms with Crippen molar-refractivity contribution in [1.29, 1.82) is 0 Å². The number of rotatable bonds is 3. The molecule has 0 fully saturated rings. The summed E-state index contributed by atoms with van der Waals surface area (Å²) in [6.07, 6.45) is 0. The zero-order chi connectivity index (χ0) is 59.6. The van der Waals surface area contributed by atoms with Crippen LogP contribution >= 0.6 is 0 Å². The van der Waals surface area contributed by atoms with E-state index in [9.17, 15) is 0 Å². The molecular formula is C50B30O. The number of furan rings is 1. The van der Waals surface area contributed by atoms with E-state index in [0.29, 0.717) is 0 Å². The Balaban J connectivity index is 1.36. The molecule has 81 heavy (non-hydrogen) atoms. The van der Waals surface area contributed by atoms with Gasteiger partial charge >= 0.3 is 0 Å². The summed E-state index contributed by atoms with van der Waals surface area (Å²) in [7, 11) is 205. The SMILES string of the molecule is [B]c1c([B])c([B])c(-c2c([B])c([B])c3c(c2[B])c([B])c([B])c2c([B])c(-c4c5c([B])c([B])c([B])c([B])c5c(-c5c([B])c([B])c6oc7c8c([B])c([B])c([B])c([B])c8c([B])c([B])c7c6c5[B])c5c([B])c([B])c([B])c([B])c45)c([B])c([B])c23)c([B])c1[B]. The largest absolute Gasteiger partial charge is 0.456 e. The van der Waals surface area contributed by atoms with Gasteiger partial charge in [-0.3, -0.25) is 0 Å². The third-order valence-electron chi connectivity index (χ3n) is 16.0. The maximum Gasteiger partial charge on any atom is 0.141 e. The van der Waals surface area contributed by atoms with Gasteiger partial charge in [-0.15, -0.1) is 49.2 Å². The van der Waals surface area contributed by atoms with E-state index in [4.69, 9.17) is 240 Å². The van der Waals surface area contributed by atoms with Crippen LogP contribution in [-0.2, 0) is 0 Å². The number of hydrogen-bond acceptors (Lipinski definition) is 1. The predicted molar refractivity (Wildman–Crippen MR) is 379 cm³/mol. The molecule has 0 saturated heterocycles. The molecule has 31 heteroatoms. The lowest BCUT2D eigenvalue weighted by Gasteiger charge is -2.33. The minimum atomic E-state index is -0.257. The molecule has 10 aromatic carbocycles. The Hall–Kier alpha value is -4.75. The quantitative estimate of drug-likeness (QED) is 0.0977. The Morgan fingerprint density at radius 1 is 0.111 bits per heavy atom. The molecule has 0 bridgehead atoms. The van der Waals surface area contributed by atoms with Crippen molar-refractivity contribution in [2.24, 2.45) is 0 Å². The summed E-state index contributed by atoms with van der Waals surface area (Å²) < 4.78 is 6.49. The Bertz CT molecular complexity index is 4820. The molecule has 0 atom stereocenters. The molecule has 0 N–H and O–H groups in total. The topological polar surface area (TPSA) is 13.1 Å². The van der Waals surface area contributed by atoms with E-state index in [1.54, 1.807) is 0 Å². The van der Waals surface area contributed by atoms with Crippen LogP contribution in [0.5, 0.6) is 0 Å². The zero-order valence-electron chi connectivity index (χ0n) is 42.7. The molecule has 0 saturated carbocycles. The highest BCUT2D eigenvalue weighted by molar-refractivity contribution is 6.78. The molecule has 11 aromatic rings. The van der Waals surface area contributed by atoms with Gasteiger partial charge in [-0.1, -0.05) is 115 Å². The van der Waals surface area contributed by atoms with Gasteiger partial charge in [-0.25, -0.2) is 0 Å². The van der Waals surface area contributed by atoms with Crippen LogP contribution in [0.3, 0.4) is 0 Å². The van der Waals surface area contributed by atoms with Gasteiger partial charge in [0, 0.05) is 16.2 Å². The summed E-state index contributed by atoms with van der Waals surface area (Å²) >= 11 is 0. The molecule has 11 rings (SSSR count). The van der Waals surface area contributed by atoms with Gasteiger partial charge in [0.2, 0.25) is 0 Å². The first-order chi connectivity index (χ1) is 37.8. The van der Waals surface area contributed by atoms with Crippen molar-refractivity contribution in [3.05, 3.63) is 0 Å². The lowest BCUT2D eigenvalue weighted by atomic mass is 9.55. The Morgan fingerprint density at radius 2 is 0.284 bits per heavy atom. The second kappa shape index (κ2) is 19.4. The van der Waals surface area contributed by atoms with E-state index in [1.807, 2.05) is 0 Å². The van der Waals surface area contributed by atoms with Gasteiger partial charge in [-0.05, 0) is 81.9 Å². The normalized spacial score (nSPS) is 12.0. The summed E-state index contributed by atoms with van der Waals surface area (Å²) in [6.45, 7) is 0. The highest BCUT2D eigenvalue weighted by Gasteiger charge is 2.32. The van der Waals surface area contributed by atoms with Crippen LogP contribution in [0.2, 0.25) is 0 Å². The molecular weight excluding hydrogens is 941 g/mol. The summed E-state index contributed by atoms with van der Waals surface area (Å²) in [5.41, 5.74) is -4.95. The molecule has 0 amide bonds. The van der Waals surface area contributed by atoms with Crippen molar-refractivity contribution in [2.75, 3.05) is 0 Å². The number of fused-ring (bicyclic) bond motifs is 10. The Labute approximate surface area is 509 Å². The summed E-state index contributed by atoms with van der Waals surface area (Å²) in [6, 6.07) is 0. The van der Waals surface area contributed by atoms with Crippen LogP contribution in [-0.4, -0.2) is 235 Å². The molecule has 0 aliphatic heterocycles. The van der Waals surface area contributed by atoms with Gasteiger partial charge < -0.3 is 4.42 Å². The fourth-order valence-electron chi connectivity index (χ4n) is 11.8. The van der Waals surface area contributed by atoms with E-state index in [0.717, 1.165) is 0 Å². The predicted octanol–water partition coefficient (Wildman–Crippen LogP) is -21.8. The van der Waals surface area contributed by atoms with E-state index < -0.39 is 0 Å². The van der Waals surface area contributed by atoms with E-state index >= 15 is 0 Å². The Kier molecular flexibility index (Phi) is 13.9. The minimum Gasteiger partial charge on any atom is -0.456 e. The molecule has 0 unspecified atom stereocenters. The molecule has 60 radical (unpaired) electrons. The average molecular weight is 941 g/mol. The first-order valence-electron chi connectivity index (χ1n) is 23.8. The van der Waals surface area contributed by atoms with Crippen LogP contribution in [0.1, 0.15) is 0 Å². The average Bonchev–Trinajstić information content (AvgIpc) is 4.10. The molecule has 0 spiro atoms. The van der Waals surface area contributed by atoms with Crippen LogP contribution in [0.25, 0.3) is 109 Å². The van der Waals surface area contributed by atoms with Gasteiger partial charge in [0.05, 0.1) is 0 Å². The lowest BCUT2D eigenvalue weighted by molar-refractivity contribution is 0.676. The fourth-order valence-corrected chi connectivity index (χ4v) is 11.8. The van der Waals surface area contributed by atoms with Crippen LogP contribution in [0.15, 0.2) is 4.42 Å². The van der Waals surface area contributed by atoms with Gasteiger partial charge in [0.25, 0.3) is 0 Å².